The van der Waals surface area contributed by atoms with Crippen LogP contribution in [0, 0.1) is 0 Å². The fourth-order valence-corrected chi connectivity index (χ4v) is 9.26. The molecule has 2 atom stereocenters. The first-order valence-corrected chi connectivity index (χ1v) is 19.7. The number of hydrogen-bond donors (Lipinski definition) is 6. The molecule has 0 radical (unpaired) electrons. The van der Waals surface area contributed by atoms with Crippen LogP contribution in [0.3, 0.4) is 0 Å². The van der Waals surface area contributed by atoms with Crippen LogP contribution in [-0.2, 0) is 38.8 Å². The third kappa shape index (κ3) is 5.66. The van der Waals surface area contributed by atoms with Gasteiger partial charge in [0.2, 0.25) is 0 Å². The summed E-state index contributed by atoms with van der Waals surface area (Å²) in [5.41, 5.74) is 15.0. The van der Waals surface area contributed by atoms with Crippen molar-refractivity contribution in [1.29, 1.82) is 0 Å². The summed E-state index contributed by atoms with van der Waals surface area (Å²) in [6.45, 7) is 3.63. The zero-order valence-electron chi connectivity index (χ0n) is 30.1. The van der Waals surface area contributed by atoms with E-state index in [1.165, 1.54) is 22.5 Å². The maximum atomic E-state index is 6.48. The first kappa shape index (κ1) is 33.7. The lowest BCUT2D eigenvalue weighted by molar-refractivity contribution is 0.232. The molecule has 0 spiro atoms. The van der Waals surface area contributed by atoms with Gasteiger partial charge in [-0.15, -0.1) is 0 Å². The molecule has 0 aliphatic carbocycles. The summed E-state index contributed by atoms with van der Waals surface area (Å²) in [7, 11) is 0. The number of nitrogens with one attached hydrogen (secondary N) is 6. The van der Waals surface area contributed by atoms with Crippen molar-refractivity contribution < 1.29 is 9.47 Å². The van der Waals surface area contributed by atoms with Crippen LogP contribution >= 0.6 is 23.2 Å². The number of aromatic amines is 4. The van der Waals surface area contributed by atoms with Crippen LogP contribution in [-0.4, -0.2) is 53.4 Å². The number of nitrogens with zero attached hydrogens (tertiary/aromatic N) is 4. The lowest BCUT2D eigenvalue weighted by atomic mass is 9.98. The van der Waals surface area contributed by atoms with E-state index in [-0.39, 0.29) is 12.2 Å². The Hall–Kier alpha value is -5.66. The fourth-order valence-electron chi connectivity index (χ4n) is 8.77. The van der Waals surface area contributed by atoms with E-state index in [0.717, 1.165) is 130 Å². The van der Waals surface area contributed by atoms with Crippen molar-refractivity contribution in [2.24, 2.45) is 0 Å². The van der Waals surface area contributed by atoms with E-state index in [1.807, 2.05) is 73.3 Å². The van der Waals surface area contributed by atoms with E-state index in [0.29, 0.717) is 10.0 Å². The lowest BCUT2D eigenvalue weighted by Crippen LogP contribution is -2.24. The molecule has 12 rings (SSSR count). The minimum Gasteiger partial charge on any atom is -0.483 e. The first-order valence-electron chi connectivity index (χ1n) is 18.9. The topological polar surface area (TPSA) is 157 Å². The van der Waals surface area contributed by atoms with Gasteiger partial charge in [0.25, 0.3) is 0 Å². The predicted molar refractivity (Wildman–Crippen MR) is 215 cm³/mol. The number of aromatic nitrogens is 8. The Kier molecular flexibility index (Phi) is 8.13. The highest BCUT2D eigenvalue weighted by Crippen LogP contribution is 2.48. The second-order valence-corrected chi connectivity index (χ2v) is 15.6. The average molecular weight is 784 g/mol. The summed E-state index contributed by atoms with van der Waals surface area (Å²) >= 11 is 13.0. The SMILES string of the molecule is Clc1cc2c(c(-c3ccnc4[nH]ccc34)c1)O[C@@H](c1n[nH]c3c1CNCC3)C2.Clc1cc2c(c(-c3ccnc4[nH]ccc34)c1)O[C@H](c1n[nH]c3c1CNCC3)C2. The average Bonchev–Trinajstić information content (AvgIpc) is 4.07. The van der Waals surface area contributed by atoms with Gasteiger partial charge < -0.3 is 30.1 Å². The van der Waals surface area contributed by atoms with E-state index in [4.69, 9.17) is 32.7 Å². The quantitative estimate of drug-likeness (QED) is 0.105. The first-order chi connectivity index (χ1) is 27.6. The Morgan fingerprint density at radius 1 is 0.589 bits per heavy atom. The van der Waals surface area contributed by atoms with Gasteiger partial charge in [0, 0.05) is 142 Å². The van der Waals surface area contributed by atoms with E-state index >= 15 is 0 Å². The highest BCUT2D eigenvalue weighted by molar-refractivity contribution is 6.31. The third-order valence-electron chi connectivity index (χ3n) is 11.4. The standard InChI is InChI=1S/2C21H18ClN5O/c2*22-12-7-11-8-18(19-16-10-23-4-3-17(16)26-27-19)28-20(11)15(9-12)13-1-5-24-21-14(13)2-6-25-21/h2*1-2,5-7,9,18,23H,3-4,8,10H2,(H,24,25)(H,26,27)/t2*18-/m10/s1. The van der Waals surface area contributed by atoms with Crippen LogP contribution in [0.1, 0.15) is 57.2 Å². The normalized spacial score (nSPS) is 18.1. The molecule has 6 N–H and O–H groups in total. The predicted octanol–water partition coefficient (Wildman–Crippen LogP) is 7.86. The Balaban J connectivity index is 0.000000130. The molecule has 8 aromatic rings. The Labute approximate surface area is 330 Å². The monoisotopic (exact) mass is 782 g/mol. The molecular weight excluding hydrogens is 747 g/mol. The molecule has 2 aromatic carbocycles. The molecule has 0 amide bonds. The van der Waals surface area contributed by atoms with Gasteiger partial charge in [-0.25, -0.2) is 9.97 Å². The number of halogens is 2. The van der Waals surface area contributed by atoms with E-state index < -0.39 is 0 Å². The molecule has 14 heteroatoms. The minimum absolute atomic E-state index is 0.101. The molecule has 56 heavy (non-hydrogen) atoms. The zero-order valence-corrected chi connectivity index (χ0v) is 31.6. The summed E-state index contributed by atoms with van der Waals surface area (Å²) in [5.74, 6) is 1.78. The van der Waals surface area contributed by atoms with E-state index in [1.54, 1.807) is 0 Å². The van der Waals surface area contributed by atoms with Gasteiger partial charge in [0.05, 0.1) is 0 Å². The molecule has 0 saturated carbocycles. The number of ether oxygens (including phenoxy) is 2. The summed E-state index contributed by atoms with van der Waals surface area (Å²) in [5, 5.41) is 26.0. The van der Waals surface area contributed by atoms with Gasteiger partial charge in [-0.3, -0.25) is 10.2 Å². The summed E-state index contributed by atoms with van der Waals surface area (Å²) in [4.78, 5) is 15.1. The zero-order chi connectivity index (χ0) is 37.3. The Morgan fingerprint density at radius 3 is 1.55 bits per heavy atom. The summed E-state index contributed by atoms with van der Waals surface area (Å²) in [6.07, 6.45) is 10.7. The molecule has 0 unspecified atom stereocenters. The maximum Gasteiger partial charge on any atom is 0.147 e. The number of H-pyrrole nitrogens is 4. The number of benzene rings is 2. The molecule has 0 fully saturated rings. The smallest absolute Gasteiger partial charge is 0.147 e. The molecular formula is C42H36Cl2N10O2. The van der Waals surface area contributed by atoms with Crippen molar-refractivity contribution in [2.45, 2.75) is 51.0 Å². The van der Waals surface area contributed by atoms with Gasteiger partial charge in [0.15, 0.2) is 0 Å². The van der Waals surface area contributed by atoms with Gasteiger partial charge >= 0.3 is 0 Å². The van der Waals surface area contributed by atoms with E-state index in [9.17, 15) is 0 Å². The van der Waals surface area contributed by atoms with Crippen molar-refractivity contribution in [3.05, 3.63) is 128 Å². The molecule has 12 nitrogen and oxygen atoms in total. The molecule has 4 aliphatic heterocycles. The third-order valence-corrected chi connectivity index (χ3v) is 11.8. The molecule has 280 valence electrons. The van der Waals surface area contributed by atoms with Crippen molar-refractivity contribution in [2.75, 3.05) is 13.1 Å². The van der Waals surface area contributed by atoms with Gasteiger partial charge in [-0.1, -0.05) is 23.2 Å². The Morgan fingerprint density at radius 2 is 1.07 bits per heavy atom. The number of fused-ring (bicyclic) bond motifs is 6. The van der Waals surface area contributed by atoms with Crippen LogP contribution in [0.4, 0.5) is 0 Å². The molecule has 6 aromatic heterocycles. The Bertz CT molecular complexity index is 2610. The largest absolute Gasteiger partial charge is 0.483 e. The van der Waals surface area contributed by atoms with Crippen molar-refractivity contribution in [1.82, 2.24) is 51.0 Å². The second-order valence-electron chi connectivity index (χ2n) is 14.7. The lowest BCUT2D eigenvalue weighted by Gasteiger charge is -2.16. The van der Waals surface area contributed by atoms with Gasteiger partial charge in [-0.05, 0) is 59.7 Å². The van der Waals surface area contributed by atoms with Crippen molar-refractivity contribution in [3.8, 4) is 33.8 Å². The maximum absolute atomic E-state index is 6.48. The van der Waals surface area contributed by atoms with Gasteiger partial charge in [-0.2, -0.15) is 10.2 Å². The van der Waals surface area contributed by atoms with Crippen LogP contribution in [0.2, 0.25) is 10.0 Å². The number of pyridine rings is 2. The number of rotatable bonds is 4. The van der Waals surface area contributed by atoms with Crippen LogP contribution in [0.5, 0.6) is 11.5 Å². The summed E-state index contributed by atoms with van der Waals surface area (Å²) < 4.78 is 13.0. The summed E-state index contributed by atoms with van der Waals surface area (Å²) in [6, 6.07) is 16.1. The molecule has 0 saturated heterocycles. The fraction of sp³-hybridized carbons (Fsp3) is 0.238. The van der Waals surface area contributed by atoms with Crippen molar-refractivity contribution >= 4 is 45.3 Å². The van der Waals surface area contributed by atoms with Crippen LogP contribution < -0.4 is 20.1 Å². The highest BCUT2D eigenvalue weighted by Gasteiger charge is 2.34. The van der Waals surface area contributed by atoms with Gasteiger partial charge in [0.1, 0.15) is 46.4 Å². The second kappa shape index (κ2) is 13.5. The highest BCUT2D eigenvalue weighted by atomic mass is 35.5. The van der Waals surface area contributed by atoms with Crippen molar-refractivity contribution in [3.63, 3.8) is 0 Å². The minimum atomic E-state index is -0.101. The van der Waals surface area contributed by atoms with Crippen LogP contribution in [0.25, 0.3) is 44.3 Å². The molecule has 10 heterocycles. The molecule has 0 bridgehead atoms. The van der Waals surface area contributed by atoms with E-state index in [2.05, 4.69) is 51.0 Å². The number of hydrogen-bond acceptors (Lipinski definition) is 8. The molecule has 4 aliphatic rings. The van der Waals surface area contributed by atoms with Crippen LogP contribution in [0.15, 0.2) is 73.3 Å².